The number of pyridine rings is 4. The maximum atomic E-state index is 14.0. The smallest absolute Gasteiger partial charge is 0.223 e. The van der Waals surface area contributed by atoms with Gasteiger partial charge in [0.05, 0.1) is 74.4 Å². The van der Waals surface area contributed by atoms with E-state index in [9.17, 15) is 26.3 Å². The number of rotatable bonds is 25. The summed E-state index contributed by atoms with van der Waals surface area (Å²) in [6, 6.07) is 72.0. The normalized spacial score (nSPS) is 12.0. The zero-order valence-corrected chi connectivity index (χ0v) is 72.9. The van der Waals surface area contributed by atoms with E-state index in [0.29, 0.717) is 47.4 Å². The van der Waals surface area contributed by atoms with Gasteiger partial charge in [0.25, 0.3) is 0 Å². The van der Waals surface area contributed by atoms with E-state index in [2.05, 4.69) is 148 Å². The first kappa shape index (κ1) is 86.9. The molecular formula is C103H90F6N20S. The Hall–Kier alpha value is -15.3. The molecule has 0 amide bonds. The summed E-state index contributed by atoms with van der Waals surface area (Å²) in [6.45, 7) is 11.3. The van der Waals surface area contributed by atoms with E-state index in [4.69, 9.17) is 34.9 Å². The van der Waals surface area contributed by atoms with Crippen LogP contribution in [0, 0.1) is 34.9 Å². The molecule has 27 heteroatoms. The third kappa shape index (κ3) is 19.9. The van der Waals surface area contributed by atoms with E-state index >= 15 is 0 Å². The SMILES string of the molecule is CCc1ccn2c(-c3ccnc(NC(CC)c4ccccc4)n3)c(-c3ccc(F)cc3)nc2c1.CCc1ccn2c(-c3ccnc(NC4CC4)n3)c(-c3ccc(F)cc3)nc2c1.CCc1ccn2c(-c3ccnc(NCc4ccc(F)cc4F)n3)c(-c3ccc(F)cc3)nc2c1.CCc1ccn2c(-c3ccnc(NCc4ccccc4SC)n3)c(-c3ccc(F)cc3)nc2c1. The molecule has 12 aromatic heterocycles. The second kappa shape index (κ2) is 39.7. The standard InChI is InChI=1S/C28H26FN5.C27H24FN5S.C26H20F3N5.C22H20FN5/c1-3-19-15-17-34-25(18-19)33-26(21-10-12-22(29)13-11-21)27(34)24-14-16-30-28(32-24)31-23(4-2)20-8-6-5-7-9-20;1-3-18-13-15-33-24(16-18)32-25(19-8-10-21(28)11-9-19)26(33)22-12-14-29-27(31-22)30-17-20-6-4-5-7-23(20)34-2;1-2-16-10-12-34-23(13-16)33-24(17-3-6-19(27)7-4-17)25(34)22-9-11-30-26(32-22)31-15-18-5-8-20(28)14-21(18)29;1-2-14-10-12-28-19(13-14)27-20(15-3-5-16(23)6-4-15)21(28)18-9-11-24-22(26-18)25-17-7-8-17/h5-18,23H,3-4H2,1-2H3,(H,30,31,32);4-16H,3,17H2,1-2H3,(H,29,30,31);3-14H,2,15H2,1H3,(H,30,31,32);3-6,9-13,17H,2,7-8H2,1H3,(H,24,25,26). The molecule has 130 heavy (non-hydrogen) atoms. The molecule has 1 atom stereocenters. The fourth-order valence-corrected chi connectivity index (χ4v) is 15.9. The van der Waals surface area contributed by atoms with Gasteiger partial charge in [0, 0.05) is 107 Å². The van der Waals surface area contributed by atoms with Crippen molar-refractivity contribution >= 4 is 58.1 Å². The predicted octanol–water partition coefficient (Wildman–Crippen LogP) is 24.0. The Bertz CT molecular complexity index is 7190. The Labute approximate surface area is 751 Å². The number of fused-ring (bicyclic) bond motifs is 4. The van der Waals surface area contributed by atoms with Crippen molar-refractivity contribution in [1.82, 2.24) is 77.4 Å². The predicted molar refractivity (Wildman–Crippen MR) is 503 cm³/mol. The van der Waals surface area contributed by atoms with Crippen LogP contribution < -0.4 is 21.3 Å². The highest BCUT2D eigenvalue weighted by Crippen LogP contribution is 2.39. The summed E-state index contributed by atoms with van der Waals surface area (Å²) in [5, 5.41) is 13.2. The monoisotopic (exact) mass is 1750 g/mol. The molecule has 12 heterocycles. The molecule has 1 aliphatic carbocycles. The molecule has 0 saturated heterocycles. The molecule has 650 valence electrons. The van der Waals surface area contributed by atoms with Gasteiger partial charge in [-0.25, -0.2) is 86.2 Å². The topological polar surface area (TPSA) is 220 Å². The number of aryl methyl sites for hydroxylation is 4. The van der Waals surface area contributed by atoms with Crippen LogP contribution >= 0.6 is 11.8 Å². The lowest BCUT2D eigenvalue weighted by atomic mass is 10.1. The lowest BCUT2D eigenvalue weighted by molar-refractivity contribution is 0.574. The van der Waals surface area contributed by atoms with Crippen LogP contribution in [0.3, 0.4) is 0 Å². The summed E-state index contributed by atoms with van der Waals surface area (Å²) in [6.07, 6.45) is 23.8. The summed E-state index contributed by atoms with van der Waals surface area (Å²) >= 11 is 1.72. The van der Waals surface area contributed by atoms with Gasteiger partial charge in [0.1, 0.15) is 57.5 Å². The molecule has 4 N–H and O–H groups in total. The van der Waals surface area contributed by atoms with Gasteiger partial charge in [-0.15, -0.1) is 11.8 Å². The Morgan fingerprint density at radius 2 is 0.685 bits per heavy atom. The summed E-state index contributed by atoms with van der Waals surface area (Å²) in [4.78, 5) is 57.2. The number of hydrogen-bond acceptors (Lipinski definition) is 17. The Balaban J connectivity index is 0.000000122. The zero-order valence-electron chi connectivity index (χ0n) is 72.1. The molecule has 0 bridgehead atoms. The summed E-state index contributed by atoms with van der Waals surface area (Å²) in [5.74, 6) is -0.413. The minimum absolute atomic E-state index is 0.0907. The molecule has 20 nitrogen and oxygen atoms in total. The molecule has 19 aromatic rings. The van der Waals surface area contributed by atoms with Gasteiger partial charge in [-0.2, -0.15) is 0 Å². The van der Waals surface area contributed by atoms with Gasteiger partial charge in [-0.1, -0.05) is 89.2 Å². The molecule has 0 aliphatic heterocycles. The van der Waals surface area contributed by atoms with Crippen LogP contribution in [0.25, 0.3) is 113 Å². The molecule has 20 rings (SSSR count). The number of nitrogens with zero attached hydrogens (tertiary/aromatic N) is 16. The summed E-state index contributed by atoms with van der Waals surface area (Å²) < 4.78 is 89.5. The molecule has 1 aliphatic rings. The number of imidazole rings is 4. The molecular weight excluding hydrogens is 1660 g/mol. The van der Waals surface area contributed by atoms with Gasteiger partial charge in [0.15, 0.2) is 0 Å². The van der Waals surface area contributed by atoms with Crippen molar-refractivity contribution in [1.29, 1.82) is 0 Å². The van der Waals surface area contributed by atoms with Crippen molar-refractivity contribution in [3.05, 3.63) is 366 Å². The van der Waals surface area contributed by atoms with Gasteiger partial charge in [0.2, 0.25) is 23.8 Å². The number of benzene rings is 7. The maximum absolute atomic E-state index is 14.0. The summed E-state index contributed by atoms with van der Waals surface area (Å²) in [7, 11) is 0. The number of aromatic nitrogens is 16. The number of thioether (sulfide) groups is 1. The second-order valence-corrected chi connectivity index (χ2v) is 31.8. The van der Waals surface area contributed by atoms with E-state index in [1.807, 2.05) is 103 Å². The molecule has 1 fully saturated rings. The highest BCUT2D eigenvalue weighted by atomic mass is 32.2. The van der Waals surface area contributed by atoms with Crippen molar-refractivity contribution in [2.45, 2.75) is 110 Å². The number of anilines is 4. The molecule has 1 saturated carbocycles. The van der Waals surface area contributed by atoms with Crippen molar-refractivity contribution < 1.29 is 26.3 Å². The summed E-state index contributed by atoms with van der Waals surface area (Å²) in [5.41, 5.74) is 23.1. The van der Waals surface area contributed by atoms with Crippen LogP contribution in [0.1, 0.15) is 98.9 Å². The van der Waals surface area contributed by atoms with E-state index in [1.165, 1.54) is 93.4 Å². The van der Waals surface area contributed by atoms with Crippen molar-refractivity contribution in [3.63, 3.8) is 0 Å². The lowest BCUT2D eigenvalue weighted by Gasteiger charge is -2.17. The van der Waals surface area contributed by atoms with E-state index in [-0.39, 0.29) is 41.8 Å². The number of hydrogen-bond donors (Lipinski definition) is 4. The van der Waals surface area contributed by atoms with Crippen LogP contribution in [0.15, 0.2) is 297 Å². The van der Waals surface area contributed by atoms with Crippen LogP contribution in [-0.2, 0) is 38.8 Å². The minimum atomic E-state index is -0.643. The number of halogens is 6. The maximum Gasteiger partial charge on any atom is 0.223 e. The third-order valence-electron chi connectivity index (χ3n) is 22.4. The van der Waals surface area contributed by atoms with Crippen LogP contribution in [0.4, 0.5) is 50.1 Å². The largest absolute Gasteiger partial charge is 0.351 e. The fourth-order valence-electron chi connectivity index (χ4n) is 15.2. The fraction of sp³-hybridized carbons (Fsp3) is 0.165. The molecule has 7 aromatic carbocycles. The molecule has 0 radical (unpaired) electrons. The van der Waals surface area contributed by atoms with Crippen molar-refractivity contribution in [2.75, 3.05) is 27.5 Å². The van der Waals surface area contributed by atoms with Gasteiger partial charge < -0.3 is 21.3 Å². The second-order valence-electron chi connectivity index (χ2n) is 31.0. The highest BCUT2D eigenvalue weighted by molar-refractivity contribution is 7.98. The Morgan fingerprint density at radius 3 is 1.05 bits per heavy atom. The van der Waals surface area contributed by atoms with E-state index in [0.717, 1.165) is 158 Å². The quantitative estimate of drug-likeness (QED) is 0.0309. The lowest BCUT2D eigenvalue weighted by Crippen LogP contribution is -2.12. The average Bonchev–Trinajstić information content (AvgIpc) is 1.62. The average molecular weight is 1750 g/mol. The van der Waals surface area contributed by atoms with Crippen LogP contribution in [0.5, 0.6) is 0 Å². The van der Waals surface area contributed by atoms with Crippen LogP contribution in [0.2, 0.25) is 0 Å². The van der Waals surface area contributed by atoms with Crippen molar-refractivity contribution in [2.24, 2.45) is 0 Å². The van der Waals surface area contributed by atoms with Gasteiger partial charge in [-0.3, -0.25) is 17.6 Å². The Kier molecular flexibility index (Phi) is 26.6. The first-order valence-corrected chi connectivity index (χ1v) is 44.3. The van der Waals surface area contributed by atoms with Crippen LogP contribution in [-0.4, -0.2) is 89.7 Å². The number of nitrogens with one attached hydrogen (secondary N) is 4. The first-order valence-electron chi connectivity index (χ1n) is 43.1. The zero-order chi connectivity index (χ0) is 89.7. The molecule has 1 unspecified atom stereocenters. The Morgan fingerprint density at radius 1 is 0.346 bits per heavy atom. The van der Waals surface area contributed by atoms with Gasteiger partial charge in [-0.05, 0) is 267 Å². The molecule has 0 spiro atoms. The first-order chi connectivity index (χ1) is 63.5. The van der Waals surface area contributed by atoms with E-state index < -0.39 is 11.6 Å². The highest BCUT2D eigenvalue weighted by Gasteiger charge is 2.27. The van der Waals surface area contributed by atoms with Crippen molar-refractivity contribution in [3.8, 4) is 90.6 Å². The van der Waals surface area contributed by atoms with E-state index in [1.54, 1.807) is 91.1 Å². The third-order valence-corrected chi connectivity index (χ3v) is 23.2. The minimum Gasteiger partial charge on any atom is -0.351 e. The van der Waals surface area contributed by atoms with Gasteiger partial charge >= 0.3 is 0 Å².